The van der Waals surface area contributed by atoms with E-state index in [1.54, 1.807) is 12.1 Å². The maximum Gasteiger partial charge on any atom is 0.252 e. The van der Waals surface area contributed by atoms with Gasteiger partial charge >= 0.3 is 0 Å². The Morgan fingerprint density at radius 3 is 2.67 bits per heavy atom. The van der Waals surface area contributed by atoms with E-state index < -0.39 is 16.1 Å². The van der Waals surface area contributed by atoms with Crippen LogP contribution in [-0.4, -0.2) is 50.5 Å². The largest absolute Gasteiger partial charge is 0.364 e. The number of nitrogens with one attached hydrogen (secondary N) is 1. The summed E-state index contributed by atoms with van der Waals surface area (Å²) in [6, 6.07) is 3.33. The number of thiophene rings is 1. The number of hydrogen-bond donors (Lipinski definition) is 2. The van der Waals surface area contributed by atoms with Crippen LogP contribution in [0.1, 0.15) is 31.6 Å². The molecule has 0 aromatic carbocycles. The van der Waals surface area contributed by atoms with Gasteiger partial charge in [-0.1, -0.05) is 13.8 Å². The van der Waals surface area contributed by atoms with Crippen molar-refractivity contribution in [1.29, 1.82) is 0 Å². The summed E-state index contributed by atoms with van der Waals surface area (Å²) in [4.78, 5) is 12.9. The van der Waals surface area contributed by atoms with Gasteiger partial charge in [-0.3, -0.25) is 4.79 Å². The molecule has 2 atom stereocenters. The highest BCUT2D eigenvalue weighted by atomic mass is 32.2. The average molecular weight is 376 g/mol. The van der Waals surface area contributed by atoms with E-state index in [9.17, 15) is 13.2 Å². The molecule has 1 aliphatic heterocycles. The van der Waals surface area contributed by atoms with Gasteiger partial charge in [0.25, 0.3) is 10.0 Å². The fourth-order valence-corrected chi connectivity index (χ4v) is 5.55. The minimum Gasteiger partial charge on any atom is -0.364 e. The van der Waals surface area contributed by atoms with Crippen LogP contribution in [0.3, 0.4) is 0 Å². The van der Waals surface area contributed by atoms with Crippen molar-refractivity contribution >= 4 is 27.3 Å². The summed E-state index contributed by atoms with van der Waals surface area (Å²) in [5.74, 6) is -0.174. The van der Waals surface area contributed by atoms with Gasteiger partial charge in [-0.2, -0.15) is 4.31 Å². The third-order valence-corrected chi connectivity index (χ3v) is 7.64. The summed E-state index contributed by atoms with van der Waals surface area (Å²) >= 11 is 1.18. The van der Waals surface area contributed by atoms with E-state index in [2.05, 4.69) is 5.32 Å². The van der Waals surface area contributed by atoms with Crippen LogP contribution in [0.25, 0.3) is 0 Å². The van der Waals surface area contributed by atoms with Crippen LogP contribution < -0.4 is 11.1 Å². The molecule has 1 aliphatic rings. The summed E-state index contributed by atoms with van der Waals surface area (Å²) in [7, 11) is -3.44. The summed E-state index contributed by atoms with van der Waals surface area (Å²) in [5, 5.41) is 2.80. The lowest BCUT2D eigenvalue weighted by Gasteiger charge is -2.16. The van der Waals surface area contributed by atoms with E-state index in [0.29, 0.717) is 36.8 Å². The highest BCUT2D eigenvalue weighted by Crippen LogP contribution is 2.25. The van der Waals surface area contributed by atoms with Crippen LogP contribution in [0.2, 0.25) is 0 Å². The molecule has 0 aliphatic carbocycles. The Morgan fingerprint density at radius 2 is 2.08 bits per heavy atom. The number of nitrogens with zero attached hydrogens (tertiary/aromatic N) is 1. The van der Waals surface area contributed by atoms with Crippen molar-refractivity contribution in [2.24, 2.45) is 5.73 Å². The number of ether oxygens (including phenoxy) is 1. The number of rotatable bonds is 8. The van der Waals surface area contributed by atoms with Crippen molar-refractivity contribution in [1.82, 2.24) is 9.62 Å². The smallest absolute Gasteiger partial charge is 0.252 e. The van der Waals surface area contributed by atoms with Gasteiger partial charge < -0.3 is 15.8 Å². The van der Waals surface area contributed by atoms with Crippen molar-refractivity contribution in [2.75, 3.05) is 19.6 Å². The third-order valence-electron chi connectivity index (χ3n) is 4.04. The van der Waals surface area contributed by atoms with Crippen molar-refractivity contribution in [3.05, 3.63) is 17.0 Å². The molecule has 0 saturated carbocycles. The Hall–Kier alpha value is -1.00. The van der Waals surface area contributed by atoms with Crippen LogP contribution >= 0.6 is 11.3 Å². The quantitative estimate of drug-likeness (QED) is 0.703. The normalized spacial score (nSPS) is 21.3. The number of nitrogens with two attached hydrogens (primary N) is 1. The minimum atomic E-state index is -3.44. The maximum absolute atomic E-state index is 12.4. The lowest BCUT2D eigenvalue weighted by Crippen LogP contribution is -2.34. The SMILES string of the molecule is CCN(CC)S(=O)(=O)c1ccc(CNC(=O)[C@@H]2CC[C@H](CN)O2)s1. The molecule has 2 rings (SSSR count). The Balaban J connectivity index is 1.93. The van der Waals surface area contributed by atoms with Gasteiger partial charge in [0.15, 0.2) is 0 Å². The molecule has 0 unspecified atom stereocenters. The monoisotopic (exact) mass is 375 g/mol. The predicted octanol–water partition coefficient (Wildman–Crippen LogP) is 0.901. The molecule has 1 aromatic rings. The Kier molecular flexibility index (Phi) is 6.76. The number of sulfonamides is 1. The maximum atomic E-state index is 12.4. The molecule has 0 bridgehead atoms. The first-order valence-corrected chi connectivity index (χ1v) is 10.4. The molecule has 9 heteroatoms. The molecule has 1 aromatic heterocycles. The highest BCUT2D eigenvalue weighted by Gasteiger charge is 2.30. The summed E-state index contributed by atoms with van der Waals surface area (Å²) in [6.45, 7) is 5.21. The zero-order valence-electron chi connectivity index (χ0n) is 14.0. The molecular formula is C15H25N3O4S2. The zero-order chi connectivity index (χ0) is 17.7. The number of carbonyl (C=O) groups excluding carboxylic acids is 1. The second kappa shape index (κ2) is 8.39. The van der Waals surface area contributed by atoms with E-state index >= 15 is 0 Å². The molecule has 7 nitrogen and oxygen atoms in total. The second-order valence-electron chi connectivity index (χ2n) is 5.59. The zero-order valence-corrected chi connectivity index (χ0v) is 15.7. The molecule has 24 heavy (non-hydrogen) atoms. The van der Waals surface area contributed by atoms with E-state index in [1.165, 1.54) is 15.6 Å². The molecule has 1 saturated heterocycles. The number of amides is 1. The minimum absolute atomic E-state index is 0.0479. The number of hydrogen-bond acceptors (Lipinski definition) is 6. The Bertz CT molecular complexity index is 655. The van der Waals surface area contributed by atoms with E-state index in [1.807, 2.05) is 13.8 Å². The first-order chi connectivity index (χ1) is 11.4. The molecule has 0 spiro atoms. The van der Waals surface area contributed by atoms with Crippen molar-refractivity contribution < 1.29 is 17.9 Å². The van der Waals surface area contributed by atoms with Crippen LogP contribution in [0, 0.1) is 0 Å². The van der Waals surface area contributed by atoms with Crippen LogP contribution in [0.15, 0.2) is 16.3 Å². The molecular weight excluding hydrogens is 350 g/mol. The average Bonchev–Trinajstić information content (AvgIpc) is 3.23. The second-order valence-corrected chi connectivity index (χ2v) is 8.92. The van der Waals surface area contributed by atoms with Gasteiger partial charge in [0, 0.05) is 24.5 Å². The van der Waals surface area contributed by atoms with Gasteiger partial charge in [0.2, 0.25) is 5.91 Å². The third kappa shape index (κ3) is 4.34. The molecule has 0 radical (unpaired) electrons. The van der Waals surface area contributed by atoms with Crippen LogP contribution in [0.4, 0.5) is 0 Å². The molecule has 2 heterocycles. The Morgan fingerprint density at radius 1 is 1.38 bits per heavy atom. The van der Waals surface area contributed by atoms with Gasteiger partial charge in [0.05, 0.1) is 12.6 Å². The molecule has 136 valence electrons. The van der Waals surface area contributed by atoms with Crippen molar-refractivity contribution in [3.63, 3.8) is 0 Å². The van der Waals surface area contributed by atoms with Crippen molar-refractivity contribution in [3.8, 4) is 0 Å². The fourth-order valence-electron chi connectivity index (χ4n) is 2.64. The van der Waals surface area contributed by atoms with E-state index in [-0.39, 0.29) is 12.0 Å². The predicted molar refractivity (Wildman–Crippen MR) is 93.2 cm³/mol. The fraction of sp³-hybridized carbons (Fsp3) is 0.667. The summed E-state index contributed by atoms with van der Waals surface area (Å²) in [5.41, 5.74) is 5.54. The van der Waals surface area contributed by atoms with Gasteiger partial charge in [0.1, 0.15) is 10.3 Å². The van der Waals surface area contributed by atoms with Crippen molar-refractivity contribution in [2.45, 2.75) is 49.7 Å². The van der Waals surface area contributed by atoms with Gasteiger partial charge in [-0.25, -0.2) is 8.42 Å². The lowest BCUT2D eigenvalue weighted by molar-refractivity contribution is -0.132. The van der Waals surface area contributed by atoms with Crippen LogP contribution in [0.5, 0.6) is 0 Å². The summed E-state index contributed by atoms with van der Waals surface area (Å²) in [6.07, 6.45) is 0.949. The van der Waals surface area contributed by atoms with E-state index in [4.69, 9.17) is 10.5 Å². The number of carbonyl (C=O) groups is 1. The standard InChI is InChI=1S/C15H25N3O4S2/c1-3-18(4-2)24(20,21)14-8-6-12(23-14)10-17-15(19)13-7-5-11(9-16)22-13/h6,8,11,13H,3-5,7,9-10,16H2,1-2H3,(H,17,19)/t11-,13+/m1/s1. The first kappa shape index (κ1) is 19.3. The Labute approximate surface area is 147 Å². The topological polar surface area (TPSA) is 102 Å². The van der Waals surface area contributed by atoms with E-state index in [0.717, 1.165) is 11.3 Å². The van der Waals surface area contributed by atoms with Gasteiger partial charge in [-0.15, -0.1) is 11.3 Å². The van der Waals surface area contributed by atoms with Gasteiger partial charge in [-0.05, 0) is 25.0 Å². The lowest BCUT2D eigenvalue weighted by atomic mass is 10.2. The molecule has 3 N–H and O–H groups in total. The molecule has 1 fully saturated rings. The first-order valence-electron chi connectivity index (χ1n) is 8.14. The van der Waals surface area contributed by atoms with Crippen LogP contribution in [-0.2, 0) is 26.1 Å². The molecule has 1 amide bonds. The summed E-state index contributed by atoms with van der Waals surface area (Å²) < 4.78 is 32.1. The highest BCUT2D eigenvalue weighted by molar-refractivity contribution is 7.91.